The second-order valence-electron chi connectivity index (χ2n) is 3.73. The molecule has 2 heteroatoms. The Balaban J connectivity index is 1.72. The molecule has 1 aliphatic heterocycles. The molecule has 1 heterocycles. The minimum Gasteiger partial charge on any atom is -0.534 e. The van der Waals surface area contributed by atoms with Gasteiger partial charge in [-0.15, -0.1) is 0 Å². The van der Waals surface area contributed by atoms with Crippen LogP contribution in [0.4, 0.5) is 0 Å². The number of epoxide rings is 1. The van der Waals surface area contributed by atoms with Crippen molar-refractivity contribution in [3.05, 3.63) is 0 Å². The minimum absolute atomic E-state index is 0.316. The molecule has 0 spiro atoms. The van der Waals surface area contributed by atoms with E-state index in [9.17, 15) is 5.26 Å². The standard InChI is InChI=1S/C10H20O2/c1-2-3-4-5-6-7-8-10-9-12(10)11/h10H,2-9H2,1H3. The van der Waals surface area contributed by atoms with Crippen LogP contribution in [0.1, 0.15) is 51.9 Å². The molecule has 1 unspecified atom stereocenters. The third-order valence-electron chi connectivity index (χ3n) is 2.49. The van der Waals surface area contributed by atoms with Gasteiger partial charge in [0.15, 0.2) is 0 Å². The van der Waals surface area contributed by atoms with Crippen LogP contribution < -0.4 is 5.26 Å². The molecule has 12 heavy (non-hydrogen) atoms. The molecule has 0 radical (unpaired) electrons. The third-order valence-corrected chi connectivity index (χ3v) is 2.49. The van der Waals surface area contributed by atoms with Crippen molar-refractivity contribution in [3.8, 4) is 0 Å². The minimum atomic E-state index is 0.316. The molecule has 0 aromatic rings. The Hall–Kier alpha value is -0.0800. The summed E-state index contributed by atoms with van der Waals surface area (Å²) in [6.45, 7) is 2.95. The zero-order chi connectivity index (χ0) is 8.81. The summed E-state index contributed by atoms with van der Waals surface area (Å²) in [6, 6.07) is 0. The van der Waals surface area contributed by atoms with Gasteiger partial charge in [-0.25, -0.2) is 0 Å². The van der Waals surface area contributed by atoms with Crippen molar-refractivity contribution in [2.75, 3.05) is 6.61 Å². The Kier molecular flexibility index (Phi) is 4.62. The van der Waals surface area contributed by atoms with E-state index in [1.54, 1.807) is 0 Å². The number of hydrogen-bond acceptors (Lipinski definition) is 1. The molecule has 1 aliphatic rings. The molecular weight excluding hydrogens is 152 g/mol. The van der Waals surface area contributed by atoms with E-state index < -0.39 is 0 Å². The molecule has 0 bridgehead atoms. The Morgan fingerprint density at radius 2 is 1.75 bits per heavy atom. The first-order valence-electron chi connectivity index (χ1n) is 5.21. The summed E-state index contributed by atoms with van der Waals surface area (Å²) < 4.78 is 1.87. The highest BCUT2D eigenvalue weighted by Crippen LogP contribution is 2.23. The van der Waals surface area contributed by atoms with Gasteiger partial charge in [-0.1, -0.05) is 39.0 Å². The van der Waals surface area contributed by atoms with Gasteiger partial charge in [0.1, 0.15) is 0 Å². The second-order valence-corrected chi connectivity index (χ2v) is 3.73. The average Bonchev–Trinajstić information content (AvgIpc) is 2.74. The highest BCUT2D eigenvalue weighted by atomic mass is 17.3. The van der Waals surface area contributed by atoms with Crippen LogP contribution in [0, 0.1) is 0 Å². The lowest BCUT2D eigenvalue weighted by atomic mass is 10.1. The topological polar surface area (TPSA) is 25.8 Å². The van der Waals surface area contributed by atoms with Crippen LogP contribution in [0.2, 0.25) is 0 Å². The highest BCUT2D eigenvalue weighted by molar-refractivity contribution is 4.70. The predicted molar refractivity (Wildman–Crippen MR) is 47.7 cm³/mol. The van der Waals surface area contributed by atoms with E-state index >= 15 is 0 Å². The molecular formula is C10H20O2. The maximum Gasteiger partial charge on any atom is 0.231 e. The normalized spacial score (nSPS) is 23.0. The van der Waals surface area contributed by atoms with Crippen molar-refractivity contribution in [1.29, 1.82) is 0 Å². The zero-order valence-corrected chi connectivity index (χ0v) is 8.05. The van der Waals surface area contributed by atoms with Crippen molar-refractivity contribution >= 4 is 0 Å². The fourth-order valence-corrected chi connectivity index (χ4v) is 1.51. The number of unbranched alkanes of at least 4 members (excludes halogenated alkanes) is 5. The van der Waals surface area contributed by atoms with Crippen molar-refractivity contribution in [3.63, 3.8) is 0 Å². The van der Waals surface area contributed by atoms with E-state index in [0.29, 0.717) is 6.10 Å². The van der Waals surface area contributed by atoms with Crippen molar-refractivity contribution in [2.45, 2.75) is 58.0 Å². The van der Waals surface area contributed by atoms with Crippen molar-refractivity contribution in [2.24, 2.45) is 0 Å². The number of rotatable bonds is 7. The Morgan fingerprint density at radius 3 is 2.33 bits per heavy atom. The first-order chi connectivity index (χ1) is 5.84. The Bertz CT molecular complexity index is 114. The molecule has 1 saturated heterocycles. The van der Waals surface area contributed by atoms with Crippen LogP contribution in [0.3, 0.4) is 0 Å². The zero-order valence-electron chi connectivity index (χ0n) is 8.05. The molecule has 0 saturated carbocycles. The van der Waals surface area contributed by atoms with Gasteiger partial charge in [0.05, 0.1) is 0 Å². The maximum atomic E-state index is 10.5. The van der Waals surface area contributed by atoms with Gasteiger partial charge in [-0.3, -0.25) is 0 Å². The SMILES string of the molecule is CCCCCCCCC1C[O+]1[O-]. The summed E-state index contributed by atoms with van der Waals surface area (Å²) in [5.41, 5.74) is 0. The lowest BCUT2D eigenvalue weighted by molar-refractivity contribution is -0.737. The predicted octanol–water partition coefficient (Wildman–Crippen LogP) is 1.95. The van der Waals surface area contributed by atoms with E-state index in [-0.39, 0.29) is 0 Å². The van der Waals surface area contributed by atoms with Crippen molar-refractivity contribution < 1.29 is 9.78 Å². The molecule has 0 aliphatic carbocycles. The molecule has 72 valence electrons. The maximum absolute atomic E-state index is 10.5. The van der Waals surface area contributed by atoms with E-state index in [2.05, 4.69) is 6.92 Å². The van der Waals surface area contributed by atoms with Gasteiger partial charge in [0.25, 0.3) is 0 Å². The fraction of sp³-hybridized carbons (Fsp3) is 1.00. The lowest BCUT2D eigenvalue weighted by Crippen LogP contribution is -2.06. The molecule has 0 aromatic carbocycles. The van der Waals surface area contributed by atoms with Crippen molar-refractivity contribution in [1.82, 2.24) is 0 Å². The Labute approximate surface area is 75.2 Å². The van der Waals surface area contributed by atoms with E-state index in [1.807, 2.05) is 4.52 Å². The van der Waals surface area contributed by atoms with Crippen LogP contribution in [0.15, 0.2) is 0 Å². The molecule has 0 N–H and O–H groups in total. The number of hydrogen-bond donors (Lipinski definition) is 0. The molecule has 0 amide bonds. The van der Waals surface area contributed by atoms with E-state index in [1.165, 1.54) is 38.5 Å². The largest absolute Gasteiger partial charge is 0.534 e. The average molecular weight is 172 g/mol. The third kappa shape index (κ3) is 4.07. The summed E-state index contributed by atoms with van der Waals surface area (Å²) in [6.07, 6.45) is 9.36. The first kappa shape index (κ1) is 10.0. The smallest absolute Gasteiger partial charge is 0.231 e. The first-order valence-corrected chi connectivity index (χ1v) is 5.21. The summed E-state index contributed by atoms with van der Waals surface area (Å²) in [5.74, 6) is 0. The molecule has 1 fully saturated rings. The van der Waals surface area contributed by atoms with Crippen LogP contribution in [-0.2, 0) is 4.52 Å². The fourth-order valence-electron chi connectivity index (χ4n) is 1.51. The van der Waals surface area contributed by atoms with Gasteiger partial charge in [0, 0.05) is 6.42 Å². The quantitative estimate of drug-likeness (QED) is 0.249. The van der Waals surface area contributed by atoms with Gasteiger partial charge in [-0.2, -0.15) is 0 Å². The van der Waals surface area contributed by atoms with Gasteiger partial charge in [-0.05, 0) is 6.42 Å². The van der Waals surface area contributed by atoms with Crippen LogP contribution >= 0.6 is 0 Å². The second kappa shape index (κ2) is 5.55. The van der Waals surface area contributed by atoms with Gasteiger partial charge in [0.2, 0.25) is 12.7 Å². The van der Waals surface area contributed by atoms with E-state index in [4.69, 9.17) is 0 Å². The monoisotopic (exact) mass is 172 g/mol. The summed E-state index contributed by atoms with van der Waals surface area (Å²) in [4.78, 5) is 0. The Morgan fingerprint density at radius 1 is 1.17 bits per heavy atom. The van der Waals surface area contributed by atoms with Crippen LogP contribution in [0.5, 0.6) is 0 Å². The van der Waals surface area contributed by atoms with E-state index in [0.717, 1.165) is 13.0 Å². The lowest BCUT2D eigenvalue weighted by Gasteiger charge is -1.99. The van der Waals surface area contributed by atoms with Crippen LogP contribution in [-0.4, -0.2) is 12.7 Å². The molecule has 2 nitrogen and oxygen atoms in total. The van der Waals surface area contributed by atoms with Gasteiger partial charge >= 0.3 is 0 Å². The van der Waals surface area contributed by atoms with Crippen LogP contribution in [0.25, 0.3) is 0 Å². The summed E-state index contributed by atoms with van der Waals surface area (Å²) in [7, 11) is 0. The van der Waals surface area contributed by atoms with Gasteiger partial charge < -0.3 is 9.78 Å². The molecule has 1 rings (SSSR count). The summed E-state index contributed by atoms with van der Waals surface area (Å²) >= 11 is 0. The molecule has 1 atom stereocenters. The molecule has 0 aromatic heterocycles. The highest BCUT2D eigenvalue weighted by Gasteiger charge is 2.36. The summed E-state index contributed by atoms with van der Waals surface area (Å²) in [5, 5.41) is 10.5.